The normalized spacial score (nSPS) is 11.0. The van der Waals surface area contributed by atoms with Crippen molar-refractivity contribution in [2.45, 2.75) is 325 Å². The van der Waals surface area contributed by atoms with Gasteiger partial charge in [-0.1, -0.05) is 316 Å². The van der Waals surface area contributed by atoms with Crippen molar-refractivity contribution in [3.8, 4) is 57.5 Å². The number of hydrogen-bond acceptors (Lipinski definition) is 10. The van der Waals surface area contributed by atoms with Gasteiger partial charge in [-0.3, -0.25) is 0 Å². The molecule has 10 aromatic rings. The zero-order chi connectivity index (χ0) is 96.6. The van der Waals surface area contributed by atoms with E-state index in [2.05, 4.69) is 119 Å². The lowest BCUT2D eigenvalue weighted by atomic mass is 10.0. The number of benzene rings is 10. The first kappa shape index (κ1) is 113. The van der Waals surface area contributed by atoms with Crippen molar-refractivity contribution < 1.29 is 91.3 Å². The van der Waals surface area contributed by atoms with Crippen molar-refractivity contribution >= 4 is 0 Å². The van der Waals surface area contributed by atoms with Crippen molar-refractivity contribution in [3.05, 3.63) is 298 Å². The molecule has 740 valence electrons. The molecule has 0 aromatic heterocycles. The van der Waals surface area contributed by atoms with Gasteiger partial charge in [-0.25, -0.2) is 0 Å². The predicted molar refractivity (Wildman–Crippen MR) is 529 cm³/mol. The summed E-state index contributed by atoms with van der Waals surface area (Å²) in [4.78, 5) is 0. The van der Waals surface area contributed by atoms with Crippen molar-refractivity contribution in [2.24, 2.45) is 0 Å². The third kappa shape index (κ3) is 56.6. The molecule has 0 bridgehead atoms. The van der Waals surface area contributed by atoms with E-state index in [1.807, 2.05) is 121 Å². The molecule has 0 heterocycles. The topological polar surface area (TPSA) is 92.3 Å². The molecule has 0 unspecified atom stereocenters. The molecule has 0 amide bonds. The van der Waals surface area contributed by atoms with Crippen molar-refractivity contribution in [1.82, 2.24) is 0 Å². The molecular formula is C115H150F10O10. The second-order valence-electron chi connectivity index (χ2n) is 33.9. The van der Waals surface area contributed by atoms with Crippen LogP contribution in [-0.4, -0.2) is 66.1 Å². The van der Waals surface area contributed by atoms with Crippen LogP contribution in [0.15, 0.2) is 243 Å². The van der Waals surface area contributed by atoms with E-state index >= 15 is 0 Å². The average molecular weight is 1880 g/mol. The highest BCUT2D eigenvalue weighted by Crippen LogP contribution is 2.27. The fourth-order valence-electron chi connectivity index (χ4n) is 14.8. The first-order valence-electron chi connectivity index (χ1n) is 49.6. The molecule has 135 heavy (non-hydrogen) atoms. The van der Waals surface area contributed by atoms with Crippen molar-refractivity contribution in [1.29, 1.82) is 0 Å². The van der Waals surface area contributed by atoms with Gasteiger partial charge >= 0.3 is 33.1 Å². The number of rotatable bonds is 65. The van der Waals surface area contributed by atoms with Gasteiger partial charge in [0, 0.05) is 0 Å². The molecule has 20 heteroatoms. The van der Waals surface area contributed by atoms with Crippen LogP contribution in [0, 0.1) is 0 Å². The summed E-state index contributed by atoms with van der Waals surface area (Å²) in [5, 5.41) is 0. The van der Waals surface area contributed by atoms with E-state index in [-0.39, 0.29) is 28.7 Å². The summed E-state index contributed by atoms with van der Waals surface area (Å²) in [7, 11) is 0. The van der Waals surface area contributed by atoms with Gasteiger partial charge in [0.2, 0.25) is 0 Å². The predicted octanol–water partition coefficient (Wildman–Crippen LogP) is 34.1. The van der Waals surface area contributed by atoms with E-state index in [0.717, 1.165) is 186 Å². The zero-order valence-corrected chi connectivity index (χ0v) is 80.7. The molecule has 0 N–H and O–H groups in total. The Morgan fingerprint density at radius 1 is 0.141 bits per heavy atom. The molecule has 0 aliphatic rings. The Bertz CT molecular complexity index is 4450. The molecule has 0 fully saturated rings. The van der Waals surface area contributed by atoms with Crippen molar-refractivity contribution in [2.75, 3.05) is 33.0 Å². The van der Waals surface area contributed by atoms with E-state index in [0.29, 0.717) is 0 Å². The van der Waals surface area contributed by atoms with Gasteiger partial charge in [-0.05, 0) is 273 Å². The fourth-order valence-corrected chi connectivity index (χ4v) is 14.8. The third-order valence-electron chi connectivity index (χ3n) is 22.7. The molecule has 0 saturated heterocycles. The van der Waals surface area contributed by atoms with E-state index in [4.69, 9.17) is 23.7 Å². The molecule has 0 radical (unpaired) electrons. The summed E-state index contributed by atoms with van der Waals surface area (Å²) in [5.74, 6) is 5.56. The molecule has 10 nitrogen and oxygen atoms in total. The second kappa shape index (κ2) is 72.8. The molecule has 0 aliphatic carbocycles. The van der Waals surface area contributed by atoms with Crippen LogP contribution in [0.1, 0.15) is 283 Å². The fraction of sp³-hybridized carbons (Fsp3) is 0.478. The monoisotopic (exact) mass is 1880 g/mol. The average Bonchev–Trinajstić information content (AvgIpc) is 0.895. The van der Waals surface area contributed by atoms with E-state index in [9.17, 15) is 43.9 Å². The van der Waals surface area contributed by atoms with Crippen LogP contribution in [0.3, 0.4) is 0 Å². The summed E-state index contributed by atoms with van der Waals surface area (Å²) < 4.78 is 172. The third-order valence-corrected chi connectivity index (χ3v) is 22.7. The highest BCUT2D eigenvalue weighted by Gasteiger charge is 2.12. The van der Waals surface area contributed by atoms with E-state index in [1.54, 1.807) is 60.7 Å². The Hall–Kier alpha value is -10.5. The zero-order valence-electron chi connectivity index (χ0n) is 80.7. The Balaban J connectivity index is 0.000000259. The first-order valence-corrected chi connectivity index (χ1v) is 49.6. The standard InChI is InChI=1S/C25H34F2O2.C24H32F2O2.C23H30F2O2.C22H28F2O2.C21H26F2O2/c1-2-3-4-5-6-7-8-9-20-28-23-16-12-21(13-17-23)10-11-22-14-18-24(19-15-22)29-25(26)27;1-2-3-4-5-6-7-8-19-27-22-15-11-20(12-16-22)9-10-21-13-17-23(18-14-21)28-24(25)26;1-2-3-4-5-6-7-18-26-21-14-10-19(11-15-21)8-9-20-12-16-22(17-13-20)27-23(24)25;1-2-3-4-5-6-17-25-20-13-9-18(10-14-20)7-8-19-11-15-21(16-12-19)26-22(23)24;1-2-3-4-5-16-24-19-12-8-17(9-13-19)6-7-18-10-14-20(15-11-18)25-21(22)23/h12-19,25H,2-11,20H2,1H3;11-18,24H,2-10,19H2,1H3;10-17,23H,2-9,18H2,1H3;9-16,22H,2-8,17H2,1H3;8-15,21H,2-7,16H2,1H3. The smallest absolute Gasteiger partial charge is 0.387 e. The Kier molecular flexibility index (Phi) is 61.1. The van der Waals surface area contributed by atoms with Gasteiger partial charge in [-0.15, -0.1) is 0 Å². The lowest BCUT2D eigenvalue weighted by molar-refractivity contribution is -0.0505. The van der Waals surface area contributed by atoms with E-state index in [1.165, 1.54) is 188 Å². The maximum absolute atomic E-state index is 12.2. The Morgan fingerprint density at radius 2 is 0.244 bits per heavy atom. The molecule has 0 atom stereocenters. The van der Waals surface area contributed by atoms with Gasteiger partial charge in [-0.2, -0.15) is 43.9 Å². The summed E-state index contributed by atoms with van der Waals surface area (Å²) in [6.45, 7) is 1.11. The number of alkyl halides is 10. The number of halogens is 10. The van der Waals surface area contributed by atoms with Gasteiger partial charge in [0.05, 0.1) is 33.0 Å². The van der Waals surface area contributed by atoms with Gasteiger partial charge in [0.15, 0.2) is 0 Å². The molecular weight excluding hydrogens is 1730 g/mol. The van der Waals surface area contributed by atoms with Gasteiger partial charge in [0.25, 0.3) is 0 Å². The van der Waals surface area contributed by atoms with Crippen LogP contribution in [0.2, 0.25) is 0 Å². The lowest BCUT2D eigenvalue weighted by Crippen LogP contribution is -2.01. The van der Waals surface area contributed by atoms with Gasteiger partial charge < -0.3 is 47.4 Å². The first-order chi connectivity index (χ1) is 65.8. The quantitative estimate of drug-likeness (QED) is 0.0271. The maximum atomic E-state index is 12.2. The number of ether oxygens (including phenoxy) is 10. The van der Waals surface area contributed by atoms with Crippen molar-refractivity contribution in [3.63, 3.8) is 0 Å². The summed E-state index contributed by atoms with van der Waals surface area (Å²) in [6.07, 6.45) is 46.7. The molecule has 10 rings (SSSR count). The summed E-state index contributed by atoms with van der Waals surface area (Å²) in [5.41, 5.74) is 11.6. The van der Waals surface area contributed by atoms with Crippen LogP contribution in [-0.2, 0) is 64.2 Å². The largest absolute Gasteiger partial charge is 0.494 e. The van der Waals surface area contributed by atoms with Crippen LogP contribution >= 0.6 is 0 Å². The van der Waals surface area contributed by atoms with Gasteiger partial charge in [0.1, 0.15) is 57.5 Å². The van der Waals surface area contributed by atoms with E-state index < -0.39 is 33.1 Å². The molecule has 10 aromatic carbocycles. The maximum Gasteiger partial charge on any atom is 0.387 e. The molecule has 0 aliphatic heterocycles. The highest BCUT2D eigenvalue weighted by atomic mass is 19.3. The number of aryl methyl sites for hydroxylation is 10. The van der Waals surface area contributed by atoms with Crippen LogP contribution in [0.4, 0.5) is 43.9 Å². The lowest BCUT2D eigenvalue weighted by Gasteiger charge is -2.08. The minimum absolute atomic E-state index is 0.194. The number of hydrogen-bond donors (Lipinski definition) is 0. The minimum atomic E-state index is -2.78. The Morgan fingerprint density at radius 3 is 0.363 bits per heavy atom. The molecule has 0 saturated carbocycles. The molecule has 0 spiro atoms. The van der Waals surface area contributed by atoms with Crippen LogP contribution in [0.5, 0.6) is 57.5 Å². The van der Waals surface area contributed by atoms with Crippen LogP contribution < -0.4 is 47.4 Å². The Labute approximate surface area is 800 Å². The highest BCUT2D eigenvalue weighted by molar-refractivity contribution is 5.37. The summed E-state index contributed by atoms with van der Waals surface area (Å²) in [6, 6.07) is 75.2. The minimum Gasteiger partial charge on any atom is -0.494 e. The SMILES string of the molecule is CCCCCCCCCCOc1ccc(CCc2ccc(OC(F)F)cc2)cc1.CCCCCCCCCOc1ccc(CCc2ccc(OC(F)F)cc2)cc1.CCCCCCCCOc1ccc(CCc2ccc(OC(F)F)cc2)cc1.CCCCCCCOc1ccc(CCc2ccc(OC(F)F)cc2)cc1.CCCCCCOc1ccc(CCc2ccc(OC(F)F)cc2)cc1. The summed E-state index contributed by atoms with van der Waals surface area (Å²) >= 11 is 0. The van der Waals surface area contributed by atoms with Crippen LogP contribution in [0.25, 0.3) is 0 Å². The number of unbranched alkanes of at least 4 members (excludes halogenated alkanes) is 25. The second-order valence-corrected chi connectivity index (χ2v) is 33.9.